The summed E-state index contributed by atoms with van der Waals surface area (Å²) in [7, 11) is 0. The van der Waals surface area contributed by atoms with Gasteiger partial charge in [0.1, 0.15) is 0 Å². The van der Waals surface area contributed by atoms with Gasteiger partial charge in [0.25, 0.3) is 0 Å². The Morgan fingerprint density at radius 1 is 1.25 bits per heavy atom. The van der Waals surface area contributed by atoms with Crippen LogP contribution in [-0.2, 0) is 9.47 Å². The normalized spacial score (nSPS) is 26.1. The van der Waals surface area contributed by atoms with Gasteiger partial charge in [-0.25, -0.2) is 0 Å². The molecule has 94 valence electrons. The fraction of sp³-hybridized carbons (Fsp3) is 1.00. The first kappa shape index (κ1) is 12.3. The first-order chi connectivity index (χ1) is 7.84. The van der Waals surface area contributed by atoms with Crippen molar-refractivity contribution in [3.63, 3.8) is 0 Å². The zero-order chi connectivity index (χ0) is 11.2. The van der Waals surface area contributed by atoms with E-state index in [1.165, 1.54) is 25.7 Å². The molecule has 1 N–H and O–H groups in total. The smallest absolute Gasteiger partial charge is 0.0900 e. The van der Waals surface area contributed by atoms with Gasteiger partial charge in [-0.2, -0.15) is 0 Å². The lowest BCUT2D eigenvalue weighted by Gasteiger charge is -2.28. The van der Waals surface area contributed by atoms with Crippen LogP contribution in [0.3, 0.4) is 0 Å². The molecule has 1 saturated heterocycles. The molecule has 0 aromatic carbocycles. The van der Waals surface area contributed by atoms with Crippen LogP contribution in [-0.4, -0.2) is 61.7 Å². The van der Waals surface area contributed by atoms with Gasteiger partial charge in [0.2, 0.25) is 0 Å². The van der Waals surface area contributed by atoms with Crippen molar-refractivity contribution in [2.45, 2.75) is 37.9 Å². The van der Waals surface area contributed by atoms with E-state index in [4.69, 9.17) is 9.47 Å². The first-order valence-corrected chi connectivity index (χ1v) is 6.44. The van der Waals surface area contributed by atoms with E-state index in [9.17, 15) is 5.11 Å². The van der Waals surface area contributed by atoms with Gasteiger partial charge < -0.3 is 14.6 Å². The van der Waals surface area contributed by atoms with Gasteiger partial charge in [-0.3, -0.25) is 4.90 Å². The molecule has 0 bridgehead atoms. The number of aliphatic hydroxyl groups excluding tert-OH is 1. The summed E-state index contributed by atoms with van der Waals surface area (Å²) in [6.07, 6.45) is 4.96. The third-order valence-corrected chi connectivity index (χ3v) is 3.40. The van der Waals surface area contributed by atoms with Crippen molar-refractivity contribution in [2.75, 3.05) is 39.5 Å². The molecule has 0 amide bonds. The molecule has 1 heterocycles. The lowest BCUT2D eigenvalue weighted by Crippen LogP contribution is -2.42. The Kier molecular flexibility index (Phi) is 5.03. The highest BCUT2D eigenvalue weighted by Gasteiger charge is 2.19. The Hall–Kier alpha value is -0.160. The molecule has 2 fully saturated rings. The van der Waals surface area contributed by atoms with Gasteiger partial charge >= 0.3 is 0 Å². The molecule has 4 heteroatoms. The van der Waals surface area contributed by atoms with Crippen molar-refractivity contribution in [1.82, 2.24) is 4.90 Å². The third-order valence-electron chi connectivity index (χ3n) is 3.40. The number of morpholine rings is 1. The summed E-state index contributed by atoms with van der Waals surface area (Å²) in [5.74, 6) is 0. The van der Waals surface area contributed by atoms with E-state index in [-0.39, 0.29) is 6.10 Å². The predicted molar refractivity (Wildman–Crippen MR) is 61.5 cm³/mol. The Morgan fingerprint density at radius 2 is 1.94 bits per heavy atom. The zero-order valence-corrected chi connectivity index (χ0v) is 9.94. The minimum absolute atomic E-state index is 0.348. The maximum atomic E-state index is 9.85. The minimum atomic E-state index is -0.348. The second kappa shape index (κ2) is 6.55. The van der Waals surface area contributed by atoms with Crippen molar-refractivity contribution in [2.24, 2.45) is 0 Å². The molecular weight excluding hydrogens is 206 g/mol. The van der Waals surface area contributed by atoms with Crippen LogP contribution >= 0.6 is 0 Å². The molecular formula is C12H23NO3. The highest BCUT2D eigenvalue weighted by molar-refractivity contribution is 4.70. The average molecular weight is 229 g/mol. The topological polar surface area (TPSA) is 41.9 Å². The van der Waals surface area contributed by atoms with E-state index >= 15 is 0 Å². The van der Waals surface area contributed by atoms with Crippen molar-refractivity contribution in [3.8, 4) is 0 Å². The zero-order valence-electron chi connectivity index (χ0n) is 9.94. The van der Waals surface area contributed by atoms with Crippen LogP contribution in [0.4, 0.5) is 0 Å². The molecule has 1 aliphatic carbocycles. The number of aliphatic hydroxyl groups is 1. The van der Waals surface area contributed by atoms with Crippen LogP contribution < -0.4 is 0 Å². The summed E-state index contributed by atoms with van der Waals surface area (Å²) >= 11 is 0. The summed E-state index contributed by atoms with van der Waals surface area (Å²) in [6.45, 7) is 4.64. The van der Waals surface area contributed by atoms with Crippen molar-refractivity contribution < 1.29 is 14.6 Å². The molecule has 2 aliphatic rings. The van der Waals surface area contributed by atoms with E-state index in [2.05, 4.69) is 4.90 Å². The summed E-state index contributed by atoms with van der Waals surface area (Å²) in [6, 6.07) is 0. The molecule has 0 radical (unpaired) electrons. The second-order valence-corrected chi connectivity index (χ2v) is 4.81. The van der Waals surface area contributed by atoms with Gasteiger partial charge in [0.15, 0.2) is 0 Å². The fourth-order valence-electron chi connectivity index (χ4n) is 2.44. The van der Waals surface area contributed by atoms with Gasteiger partial charge in [0.05, 0.1) is 32.0 Å². The van der Waals surface area contributed by atoms with Crippen LogP contribution in [0, 0.1) is 0 Å². The van der Waals surface area contributed by atoms with Crippen LogP contribution in [0.1, 0.15) is 25.7 Å². The number of hydrogen-bond donors (Lipinski definition) is 1. The van der Waals surface area contributed by atoms with Crippen LogP contribution in [0.5, 0.6) is 0 Å². The molecule has 1 atom stereocenters. The first-order valence-electron chi connectivity index (χ1n) is 6.44. The van der Waals surface area contributed by atoms with E-state index in [0.717, 1.165) is 32.8 Å². The van der Waals surface area contributed by atoms with Crippen molar-refractivity contribution >= 4 is 0 Å². The number of nitrogens with zero attached hydrogens (tertiary/aromatic N) is 1. The lowest BCUT2D eigenvalue weighted by atomic mass is 10.3. The maximum Gasteiger partial charge on any atom is 0.0900 e. The van der Waals surface area contributed by atoms with Crippen molar-refractivity contribution in [1.29, 1.82) is 0 Å². The Labute approximate surface area is 97.5 Å². The molecule has 16 heavy (non-hydrogen) atoms. The Balaban J connectivity index is 1.57. The van der Waals surface area contributed by atoms with Gasteiger partial charge in [-0.05, 0) is 12.8 Å². The lowest BCUT2D eigenvalue weighted by molar-refractivity contribution is -0.0341. The minimum Gasteiger partial charge on any atom is -0.389 e. The molecule has 4 nitrogen and oxygen atoms in total. The van der Waals surface area contributed by atoms with Gasteiger partial charge in [-0.1, -0.05) is 12.8 Å². The third kappa shape index (κ3) is 4.01. The summed E-state index contributed by atoms with van der Waals surface area (Å²) in [4.78, 5) is 2.24. The average Bonchev–Trinajstić information content (AvgIpc) is 2.81. The molecule has 1 unspecified atom stereocenters. The van der Waals surface area contributed by atoms with E-state index < -0.39 is 0 Å². The van der Waals surface area contributed by atoms with E-state index in [1.807, 2.05) is 0 Å². The summed E-state index contributed by atoms with van der Waals surface area (Å²) < 4.78 is 11.0. The monoisotopic (exact) mass is 229 g/mol. The number of rotatable bonds is 5. The van der Waals surface area contributed by atoms with E-state index in [1.54, 1.807) is 0 Å². The highest BCUT2D eigenvalue weighted by atomic mass is 16.5. The SMILES string of the molecule is OC(COC1CCCC1)CN1CCOCC1. The Bertz CT molecular complexity index is 189. The van der Waals surface area contributed by atoms with Crippen LogP contribution in [0.15, 0.2) is 0 Å². The van der Waals surface area contributed by atoms with Crippen LogP contribution in [0.2, 0.25) is 0 Å². The highest BCUT2D eigenvalue weighted by Crippen LogP contribution is 2.20. The number of ether oxygens (including phenoxy) is 2. The molecule has 1 aliphatic heterocycles. The Morgan fingerprint density at radius 3 is 2.62 bits per heavy atom. The number of β-amino-alcohol motifs (C(OH)–C–C–N with tert-alkyl or cyclic N) is 1. The summed E-state index contributed by atoms with van der Waals surface area (Å²) in [5, 5.41) is 9.85. The largest absolute Gasteiger partial charge is 0.389 e. The van der Waals surface area contributed by atoms with E-state index in [0.29, 0.717) is 12.7 Å². The molecule has 0 aromatic rings. The second-order valence-electron chi connectivity index (χ2n) is 4.81. The standard InChI is InChI=1S/C12H23NO3/c14-11(9-13-5-7-15-8-6-13)10-16-12-3-1-2-4-12/h11-12,14H,1-10H2. The van der Waals surface area contributed by atoms with Crippen LogP contribution in [0.25, 0.3) is 0 Å². The fourth-order valence-corrected chi connectivity index (χ4v) is 2.44. The molecule has 1 saturated carbocycles. The predicted octanol–water partition coefficient (Wildman–Crippen LogP) is 0.639. The van der Waals surface area contributed by atoms with Gasteiger partial charge in [-0.15, -0.1) is 0 Å². The molecule has 0 spiro atoms. The summed E-state index contributed by atoms with van der Waals surface area (Å²) in [5.41, 5.74) is 0. The maximum absolute atomic E-state index is 9.85. The number of hydrogen-bond acceptors (Lipinski definition) is 4. The quantitative estimate of drug-likeness (QED) is 0.751. The molecule has 2 rings (SSSR count). The van der Waals surface area contributed by atoms with Crippen molar-refractivity contribution in [3.05, 3.63) is 0 Å². The van der Waals surface area contributed by atoms with Gasteiger partial charge in [0, 0.05) is 19.6 Å². The molecule has 0 aromatic heterocycles.